The number of hydrogen-bond donors (Lipinski definition) is 0. The zero-order chi connectivity index (χ0) is 18.4. The lowest BCUT2D eigenvalue weighted by Gasteiger charge is -2.31. The van der Waals surface area contributed by atoms with E-state index in [1.807, 2.05) is 30.3 Å². The Morgan fingerprint density at radius 3 is 2.85 bits per heavy atom. The topological polar surface area (TPSA) is 68.7 Å². The number of amides is 1. The summed E-state index contributed by atoms with van der Waals surface area (Å²) in [4.78, 5) is 30.3. The standard InChI is InChI=1S/C19H22N2O4S/c1-2-24-18(22)16-13-26-17(20-16)15-9-6-10-21(11-15)19(23)25-12-14-7-4-3-5-8-14/h3-5,7-8,13,15H,2,6,9-12H2,1H3. The van der Waals surface area contributed by atoms with Crippen LogP contribution in [-0.4, -0.2) is 41.6 Å². The maximum atomic E-state index is 12.4. The summed E-state index contributed by atoms with van der Waals surface area (Å²) in [5.74, 6) is -0.272. The number of esters is 1. The molecule has 0 saturated carbocycles. The number of rotatable bonds is 5. The van der Waals surface area contributed by atoms with Crippen LogP contribution in [0.3, 0.4) is 0 Å². The molecular formula is C19H22N2O4S. The highest BCUT2D eigenvalue weighted by Crippen LogP contribution is 2.29. The number of carbonyl (C=O) groups excluding carboxylic acids is 2. The fourth-order valence-corrected chi connectivity index (χ4v) is 3.85. The van der Waals surface area contributed by atoms with Crippen molar-refractivity contribution in [2.24, 2.45) is 0 Å². The highest BCUT2D eigenvalue weighted by atomic mass is 32.1. The van der Waals surface area contributed by atoms with Gasteiger partial charge in [0.25, 0.3) is 0 Å². The van der Waals surface area contributed by atoms with Gasteiger partial charge in [-0.1, -0.05) is 30.3 Å². The molecule has 1 unspecified atom stereocenters. The third-order valence-electron chi connectivity index (χ3n) is 4.24. The average molecular weight is 374 g/mol. The van der Waals surface area contributed by atoms with Crippen molar-refractivity contribution in [2.45, 2.75) is 32.3 Å². The molecule has 3 rings (SSSR count). The van der Waals surface area contributed by atoms with E-state index in [4.69, 9.17) is 9.47 Å². The fraction of sp³-hybridized carbons (Fsp3) is 0.421. The van der Waals surface area contributed by atoms with Crippen LogP contribution in [0.15, 0.2) is 35.7 Å². The number of ether oxygens (including phenoxy) is 2. The zero-order valence-corrected chi connectivity index (χ0v) is 15.5. The van der Waals surface area contributed by atoms with Gasteiger partial charge >= 0.3 is 12.1 Å². The zero-order valence-electron chi connectivity index (χ0n) is 14.7. The molecule has 1 atom stereocenters. The summed E-state index contributed by atoms with van der Waals surface area (Å²) in [6.07, 6.45) is 1.53. The second kappa shape index (κ2) is 8.80. The van der Waals surface area contributed by atoms with Crippen molar-refractivity contribution in [1.82, 2.24) is 9.88 Å². The molecule has 2 aromatic rings. The molecule has 1 aliphatic rings. The van der Waals surface area contributed by atoms with E-state index in [9.17, 15) is 9.59 Å². The molecule has 1 aliphatic heterocycles. The lowest BCUT2D eigenvalue weighted by atomic mass is 9.99. The summed E-state index contributed by atoms with van der Waals surface area (Å²) in [5, 5.41) is 2.59. The Kier molecular flexibility index (Phi) is 6.22. The van der Waals surface area contributed by atoms with Crippen LogP contribution >= 0.6 is 11.3 Å². The number of likely N-dealkylation sites (tertiary alicyclic amines) is 1. The number of nitrogens with zero attached hydrogens (tertiary/aromatic N) is 2. The van der Waals surface area contributed by atoms with Crippen LogP contribution in [-0.2, 0) is 16.1 Å². The largest absolute Gasteiger partial charge is 0.461 e. The van der Waals surface area contributed by atoms with E-state index < -0.39 is 5.97 Å². The predicted octanol–water partition coefficient (Wildman–Crippen LogP) is 3.84. The molecule has 7 heteroatoms. The van der Waals surface area contributed by atoms with Gasteiger partial charge in [-0.15, -0.1) is 11.3 Å². The van der Waals surface area contributed by atoms with Crippen molar-refractivity contribution < 1.29 is 19.1 Å². The predicted molar refractivity (Wildman–Crippen MR) is 98.2 cm³/mol. The van der Waals surface area contributed by atoms with Gasteiger partial charge in [-0.25, -0.2) is 14.6 Å². The summed E-state index contributed by atoms with van der Waals surface area (Å²) < 4.78 is 10.4. The van der Waals surface area contributed by atoms with E-state index in [1.165, 1.54) is 11.3 Å². The van der Waals surface area contributed by atoms with E-state index in [1.54, 1.807) is 17.2 Å². The maximum absolute atomic E-state index is 12.4. The quantitative estimate of drug-likeness (QED) is 0.744. The number of aromatic nitrogens is 1. The number of thiazole rings is 1. The van der Waals surface area contributed by atoms with Crippen molar-refractivity contribution in [1.29, 1.82) is 0 Å². The first-order valence-electron chi connectivity index (χ1n) is 8.75. The van der Waals surface area contributed by atoms with Crippen LogP contribution < -0.4 is 0 Å². The first kappa shape index (κ1) is 18.4. The molecule has 138 valence electrons. The second-order valence-electron chi connectivity index (χ2n) is 6.12. The van der Waals surface area contributed by atoms with Crippen LogP contribution in [0.1, 0.15) is 46.7 Å². The van der Waals surface area contributed by atoms with Gasteiger partial charge in [0.15, 0.2) is 5.69 Å². The molecule has 1 amide bonds. The number of piperidine rings is 1. The molecule has 26 heavy (non-hydrogen) atoms. The summed E-state index contributed by atoms with van der Waals surface area (Å²) in [5.41, 5.74) is 1.31. The number of hydrogen-bond acceptors (Lipinski definition) is 6. The summed E-state index contributed by atoms with van der Waals surface area (Å²) >= 11 is 1.44. The molecule has 1 aromatic carbocycles. The Labute approximate surface area is 156 Å². The van der Waals surface area contributed by atoms with E-state index in [0.29, 0.717) is 25.4 Å². The minimum atomic E-state index is -0.398. The van der Waals surface area contributed by atoms with E-state index in [0.717, 1.165) is 23.4 Å². The number of carbonyl (C=O) groups is 2. The van der Waals surface area contributed by atoms with Crippen molar-refractivity contribution in [3.8, 4) is 0 Å². The maximum Gasteiger partial charge on any atom is 0.410 e. The van der Waals surface area contributed by atoms with Gasteiger partial charge in [0.05, 0.1) is 11.6 Å². The fourth-order valence-electron chi connectivity index (χ4n) is 2.93. The van der Waals surface area contributed by atoms with Crippen LogP contribution in [0.2, 0.25) is 0 Å². The summed E-state index contributed by atoms with van der Waals surface area (Å²) in [6, 6.07) is 9.63. The summed E-state index contributed by atoms with van der Waals surface area (Å²) in [7, 11) is 0. The van der Waals surface area contributed by atoms with Crippen molar-refractivity contribution in [2.75, 3.05) is 19.7 Å². The highest BCUT2D eigenvalue weighted by Gasteiger charge is 2.28. The van der Waals surface area contributed by atoms with E-state index >= 15 is 0 Å². The molecule has 6 nitrogen and oxygen atoms in total. The molecular weight excluding hydrogens is 352 g/mol. The van der Waals surface area contributed by atoms with Crippen LogP contribution in [0.25, 0.3) is 0 Å². The molecule has 0 bridgehead atoms. The lowest BCUT2D eigenvalue weighted by Crippen LogP contribution is -2.39. The normalized spacial score (nSPS) is 17.0. The molecule has 0 radical (unpaired) electrons. The molecule has 2 heterocycles. The first-order chi connectivity index (χ1) is 12.7. The molecule has 0 spiro atoms. The third kappa shape index (κ3) is 4.60. The van der Waals surface area contributed by atoms with Crippen molar-refractivity contribution in [3.05, 3.63) is 52.0 Å². The molecule has 0 N–H and O–H groups in total. The van der Waals surface area contributed by atoms with Crippen molar-refractivity contribution in [3.63, 3.8) is 0 Å². The lowest BCUT2D eigenvalue weighted by molar-refractivity contribution is 0.0519. The van der Waals surface area contributed by atoms with Gasteiger partial charge in [-0.05, 0) is 25.3 Å². The minimum Gasteiger partial charge on any atom is -0.461 e. The van der Waals surface area contributed by atoms with Gasteiger partial charge in [0.2, 0.25) is 0 Å². The second-order valence-corrected chi connectivity index (χ2v) is 7.01. The Balaban J connectivity index is 1.57. The number of benzene rings is 1. The average Bonchev–Trinajstić information content (AvgIpc) is 3.18. The van der Waals surface area contributed by atoms with Gasteiger partial charge in [0, 0.05) is 24.4 Å². The van der Waals surface area contributed by atoms with Crippen LogP contribution in [0.4, 0.5) is 4.79 Å². The molecule has 0 aliphatic carbocycles. The Hall–Kier alpha value is -2.41. The highest BCUT2D eigenvalue weighted by molar-refractivity contribution is 7.09. The smallest absolute Gasteiger partial charge is 0.410 e. The van der Waals surface area contributed by atoms with Gasteiger partial charge in [-0.2, -0.15) is 0 Å². The third-order valence-corrected chi connectivity index (χ3v) is 5.25. The Bertz CT molecular complexity index is 747. The summed E-state index contributed by atoms with van der Waals surface area (Å²) in [6.45, 7) is 3.61. The molecule has 1 fully saturated rings. The van der Waals surface area contributed by atoms with Crippen LogP contribution in [0, 0.1) is 0 Å². The molecule has 1 saturated heterocycles. The molecule has 1 aromatic heterocycles. The first-order valence-corrected chi connectivity index (χ1v) is 9.63. The monoisotopic (exact) mass is 374 g/mol. The van der Waals surface area contributed by atoms with E-state index in [-0.39, 0.29) is 18.6 Å². The van der Waals surface area contributed by atoms with Gasteiger partial charge in [0.1, 0.15) is 6.61 Å². The Morgan fingerprint density at radius 2 is 2.08 bits per heavy atom. The van der Waals surface area contributed by atoms with Crippen molar-refractivity contribution >= 4 is 23.4 Å². The minimum absolute atomic E-state index is 0.126. The van der Waals surface area contributed by atoms with Gasteiger partial charge < -0.3 is 14.4 Å². The SMILES string of the molecule is CCOC(=O)c1csc(C2CCCN(C(=O)OCc3ccccc3)C2)n1. The van der Waals surface area contributed by atoms with E-state index in [2.05, 4.69) is 4.98 Å². The van der Waals surface area contributed by atoms with Crippen LogP contribution in [0.5, 0.6) is 0 Å². The van der Waals surface area contributed by atoms with Gasteiger partial charge in [-0.3, -0.25) is 0 Å². The Morgan fingerprint density at radius 1 is 1.27 bits per heavy atom.